The molecule has 0 radical (unpaired) electrons. The van der Waals surface area contributed by atoms with Gasteiger partial charge in [0, 0.05) is 30.5 Å². The number of nitrogens with zero attached hydrogens (tertiary/aromatic N) is 2. The first-order chi connectivity index (χ1) is 13.2. The van der Waals surface area contributed by atoms with Crippen molar-refractivity contribution in [1.82, 2.24) is 15.5 Å². The van der Waals surface area contributed by atoms with E-state index in [1.807, 2.05) is 31.2 Å². The molecule has 0 aliphatic carbocycles. The Morgan fingerprint density at radius 3 is 2.89 bits per heavy atom. The Morgan fingerprint density at radius 2 is 2.07 bits per heavy atom. The lowest BCUT2D eigenvalue weighted by Gasteiger charge is -2.10. The van der Waals surface area contributed by atoms with Crippen molar-refractivity contribution in [2.75, 3.05) is 6.61 Å². The Morgan fingerprint density at radius 1 is 1.22 bits per heavy atom. The van der Waals surface area contributed by atoms with Gasteiger partial charge in [0.1, 0.15) is 11.6 Å². The molecule has 6 nitrogen and oxygen atoms in total. The number of aromatic nitrogens is 2. The fourth-order valence-electron chi connectivity index (χ4n) is 2.55. The van der Waals surface area contributed by atoms with Crippen molar-refractivity contribution in [3.8, 4) is 17.1 Å². The molecule has 0 saturated heterocycles. The number of benzene rings is 2. The van der Waals surface area contributed by atoms with Crippen LogP contribution in [0.15, 0.2) is 53.1 Å². The first kappa shape index (κ1) is 18.6. The maximum absolute atomic E-state index is 13.3. The van der Waals surface area contributed by atoms with Gasteiger partial charge in [-0.25, -0.2) is 4.39 Å². The summed E-state index contributed by atoms with van der Waals surface area (Å²) in [6.07, 6.45) is 0.517. The molecule has 140 valence electrons. The van der Waals surface area contributed by atoms with Gasteiger partial charge in [-0.1, -0.05) is 35.5 Å². The van der Waals surface area contributed by atoms with Gasteiger partial charge in [0.05, 0.1) is 6.61 Å². The minimum Gasteiger partial charge on any atom is -0.494 e. The van der Waals surface area contributed by atoms with Gasteiger partial charge in [0.25, 0.3) is 0 Å². The number of hydrogen-bond acceptors (Lipinski definition) is 5. The predicted octanol–water partition coefficient (Wildman–Crippen LogP) is 3.52. The second kappa shape index (κ2) is 8.93. The molecule has 27 heavy (non-hydrogen) atoms. The molecule has 0 saturated carbocycles. The normalized spacial score (nSPS) is 10.6. The summed E-state index contributed by atoms with van der Waals surface area (Å²) >= 11 is 0. The van der Waals surface area contributed by atoms with Crippen LogP contribution < -0.4 is 10.1 Å². The van der Waals surface area contributed by atoms with Crippen LogP contribution in [0.2, 0.25) is 0 Å². The topological polar surface area (TPSA) is 77.2 Å². The number of ether oxygens (including phenoxy) is 1. The van der Waals surface area contributed by atoms with Crippen molar-refractivity contribution >= 4 is 5.91 Å². The molecular formula is C20H20FN3O3. The number of hydrogen-bond donors (Lipinski definition) is 1. The predicted molar refractivity (Wildman–Crippen MR) is 97.5 cm³/mol. The second-order valence-corrected chi connectivity index (χ2v) is 5.84. The van der Waals surface area contributed by atoms with Crippen molar-refractivity contribution < 1.29 is 18.4 Å². The van der Waals surface area contributed by atoms with Crippen molar-refractivity contribution in [2.24, 2.45) is 0 Å². The third kappa shape index (κ3) is 5.13. The Hall–Kier alpha value is -3.22. The minimum atomic E-state index is -0.370. The lowest BCUT2D eigenvalue weighted by atomic mass is 10.2. The van der Waals surface area contributed by atoms with Crippen molar-refractivity contribution in [2.45, 2.75) is 26.3 Å². The summed E-state index contributed by atoms with van der Waals surface area (Å²) in [6, 6.07) is 13.5. The number of carbonyl (C=O) groups is 1. The number of nitrogens with one attached hydrogen (secondary N) is 1. The fourth-order valence-corrected chi connectivity index (χ4v) is 2.55. The molecule has 1 N–H and O–H groups in total. The van der Waals surface area contributed by atoms with Gasteiger partial charge in [-0.3, -0.25) is 4.79 Å². The van der Waals surface area contributed by atoms with Crippen LogP contribution in [0.1, 0.15) is 24.8 Å². The lowest BCUT2D eigenvalue weighted by Crippen LogP contribution is -2.23. The highest BCUT2D eigenvalue weighted by atomic mass is 19.1. The maximum atomic E-state index is 13.3. The van der Waals surface area contributed by atoms with Gasteiger partial charge in [0.15, 0.2) is 0 Å². The zero-order chi connectivity index (χ0) is 19.1. The van der Waals surface area contributed by atoms with E-state index in [1.165, 1.54) is 12.1 Å². The highest BCUT2D eigenvalue weighted by molar-refractivity contribution is 5.76. The molecule has 1 aromatic heterocycles. The van der Waals surface area contributed by atoms with E-state index in [9.17, 15) is 9.18 Å². The summed E-state index contributed by atoms with van der Waals surface area (Å²) in [5, 5.41) is 6.69. The van der Waals surface area contributed by atoms with Crippen LogP contribution >= 0.6 is 0 Å². The Bertz CT molecular complexity index is 911. The molecule has 1 amide bonds. The summed E-state index contributed by atoms with van der Waals surface area (Å²) in [6.45, 7) is 2.86. The Labute approximate surface area is 156 Å². The Kier molecular flexibility index (Phi) is 6.14. The maximum Gasteiger partial charge on any atom is 0.227 e. The molecule has 1 heterocycles. The van der Waals surface area contributed by atoms with Crippen LogP contribution in [-0.2, 0) is 17.8 Å². The number of carbonyl (C=O) groups excluding carboxylic acids is 1. The number of amides is 1. The van der Waals surface area contributed by atoms with E-state index in [0.29, 0.717) is 36.9 Å². The highest BCUT2D eigenvalue weighted by Gasteiger charge is 2.12. The fraction of sp³-hybridized carbons (Fsp3) is 0.250. The first-order valence-electron chi connectivity index (χ1n) is 8.71. The van der Waals surface area contributed by atoms with E-state index < -0.39 is 0 Å². The van der Waals surface area contributed by atoms with Crippen molar-refractivity contribution in [3.63, 3.8) is 0 Å². The summed E-state index contributed by atoms with van der Waals surface area (Å²) in [5.74, 6) is 0.893. The van der Waals surface area contributed by atoms with E-state index in [1.54, 1.807) is 12.1 Å². The number of halogens is 1. The van der Waals surface area contributed by atoms with Crippen molar-refractivity contribution in [3.05, 3.63) is 65.8 Å². The van der Waals surface area contributed by atoms with Gasteiger partial charge in [-0.05, 0) is 25.1 Å². The molecule has 0 fully saturated rings. The molecule has 0 aliphatic heterocycles. The average molecular weight is 369 g/mol. The monoisotopic (exact) mass is 369 g/mol. The van der Waals surface area contributed by atoms with Crippen molar-refractivity contribution in [1.29, 1.82) is 0 Å². The molecule has 3 rings (SSSR count). The molecule has 0 unspecified atom stereocenters. The zero-order valence-electron chi connectivity index (χ0n) is 14.9. The molecular weight excluding hydrogens is 349 g/mol. The lowest BCUT2D eigenvalue weighted by molar-refractivity contribution is -0.121. The van der Waals surface area contributed by atoms with E-state index in [0.717, 1.165) is 11.3 Å². The van der Waals surface area contributed by atoms with Gasteiger partial charge >= 0.3 is 0 Å². The molecule has 7 heteroatoms. The third-order valence-corrected chi connectivity index (χ3v) is 3.87. The second-order valence-electron chi connectivity index (χ2n) is 5.84. The highest BCUT2D eigenvalue weighted by Crippen LogP contribution is 2.18. The molecule has 2 aromatic carbocycles. The van der Waals surface area contributed by atoms with E-state index in [4.69, 9.17) is 9.26 Å². The molecule has 0 bridgehead atoms. The smallest absolute Gasteiger partial charge is 0.227 e. The molecule has 0 spiro atoms. The number of para-hydroxylation sites is 1. The third-order valence-electron chi connectivity index (χ3n) is 3.87. The first-order valence-corrected chi connectivity index (χ1v) is 8.71. The van der Waals surface area contributed by atoms with E-state index in [-0.39, 0.29) is 18.1 Å². The Balaban J connectivity index is 1.51. The molecule has 0 atom stereocenters. The van der Waals surface area contributed by atoms with Gasteiger partial charge in [0.2, 0.25) is 17.6 Å². The summed E-state index contributed by atoms with van der Waals surface area (Å²) < 4.78 is 23.9. The number of rotatable bonds is 8. The van der Waals surface area contributed by atoms with Crippen LogP contribution in [0.5, 0.6) is 5.75 Å². The van der Waals surface area contributed by atoms with Crippen LogP contribution in [0.4, 0.5) is 4.39 Å². The average Bonchev–Trinajstić information content (AvgIpc) is 3.15. The van der Waals surface area contributed by atoms with Gasteiger partial charge < -0.3 is 14.6 Å². The summed E-state index contributed by atoms with van der Waals surface area (Å²) in [7, 11) is 0. The van der Waals surface area contributed by atoms with E-state index >= 15 is 0 Å². The van der Waals surface area contributed by atoms with Crippen LogP contribution in [0.25, 0.3) is 11.4 Å². The van der Waals surface area contributed by atoms with E-state index in [2.05, 4.69) is 15.5 Å². The summed E-state index contributed by atoms with van der Waals surface area (Å²) in [4.78, 5) is 16.3. The molecule has 3 aromatic rings. The van der Waals surface area contributed by atoms with Crippen LogP contribution in [-0.4, -0.2) is 22.7 Å². The SMILES string of the molecule is CCOc1ccccc1CNC(=O)CCc1nc(-c2cccc(F)c2)no1. The quantitative estimate of drug-likeness (QED) is 0.657. The summed E-state index contributed by atoms with van der Waals surface area (Å²) in [5.41, 5.74) is 1.45. The van der Waals surface area contributed by atoms with Gasteiger partial charge in [-0.2, -0.15) is 4.98 Å². The van der Waals surface area contributed by atoms with Crippen LogP contribution in [0.3, 0.4) is 0 Å². The zero-order valence-corrected chi connectivity index (χ0v) is 14.9. The molecule has 0 aliphatic rings. The van der Waals surface area contributed by atoms with Crippen LogP contribution in [0, 0.1) is 5.82 Å². The standard InChI is InChI=1S/C20H20FN3O3/c1-2-26-17-9-4-3-6-15(17)13-22-18(25)10-11-19-23-20(24-27-19)14-7-5-8-16(21)12-14/h3-9,12H,2,10-11,13H2,1H3,(H,22,25). The van der Waals surface area contributed by atoms with Gasteiger partial charge in [-0.15, -0.1) is 0 Å². The largest absolute Gasteiger partial charge is 0.494 e. The number of aryl methyl sites for hydroxylation is 1. The minimum absolute atomic E-state index is 0.133.